The second-order valence-corrected chi connectivity index (χ2v) is 6.20. The first kappa shape index (κ1) is 19.6. The largest absolute Gasteiger partial charge is 0.395 e. The van der Waals surface area contributed by atoms with Crippen LogP contribution in [-0.2, 0) is 13.0 Å². The summed E-state index contributed by atoms with van der Waals surface area (Å²) < 4.78 is 2.03. The minimum Gasteiger partial charge on any atom is -0.395 e. The van der Waals surface area contributed by atoms with Crippen LogP contribution in [0.1, 0.15) is 12.0 Å². The first-order valence-corrected chi connectivity index (χ1v) is 9.42. The van der Waals surface area contributed by atoms with E-state index in [1.807, 2.05) is 29.0 Å². The van der Waals surface area contributed by atoms with Crippen LogP contribution in [0.2, 0.25) is 0 Å². The Morgan fingerprint density at radius 1 is 0.857 bits per heavy atom. The highest BCUT2D eigenvalue weighted by atomic mass is 16.3. The fourth-order valence-corrected chi connectivity index (χ4v) is 2.62. The molecule has 0 aliphatic carbocycles. The van der Waals surface area contributed by atoms with Crippen LogP contribution in [0.4, 0.5) is 17.8 Å². The van der Waals surface area contributed by atoms with E-state index in [0.29, 0.717) is 30.9 Å². The van der Waals surface area contributed by atoms with Gasteiger partial charge in [-0.15, -0.1) is 0 Å². The van der Waals surface area contributed by atoms with Crippen molar-refractivity contribution in [2.75, 3.05) is 42.2 Å². The molecule has 0 spiro atoms. The molecule has 0 saturated carbocycles. The van der Waals surface area contributed by atoms with E-state index < -0.39 is 0 Å². The molecule has 0 bridgehead atoms. The molecule has 0 saturated heterocycles. The minimum atomic E-state index is 0.0100. The quantitative estimate of drug-likeness (QED) is 0.350. The SMILES string of the molecule is OCCNc1nc(NCCCn2ccnc2)nc(NCCc2ccccc2)n1. The van der Waals surface area contributed by atoms with Crippen LogP contribution in [-0.4, -0.2) is 55.9 Å². The van der Waals surface area contributed by atoms with Crippen LogP contribution < -0.4 is 16.0 Å². The van der Waals surface area contributed by atoms with Crippen LogP contribution in [0.15, 0.2) is 49.1 Å². The van der Waals surface area contributed by atoms with Crippen LogP contribution in [0.25, 0.3) is 0 Å². The predicted molar refractivity (Wildman–Crippen MR) is 109 cm³/mol. The number of nitrogens with zero attached hydrogens (tertiary/aromatic N) is 5. The summed E-state index contributed by atoms with van der Waals surface area (Å²) in [5, 5.41) is 18.5. The van der Waals surface area contributed by atoms with Crippen LogP contribution in [0.5, 0.6) is 0 Å². The van der Waals surface area contributed by atoms with Gasteiger partial charge in [0.25, 0.3) is 0 Å². The van der Waals surface area contributed by atoms with Gasteiger partial charge in [-0.05, 0) is 18.4 Å². The van der Waals surface area contributed by atoms with Gasteiger partial charge in [0.05, 0.1) is 12.9 Å². The number of hydrogen-bond acceptors (Lipinski definition) is 8. The molecule has 3 rings (SSSR count). The summed E-state index contributed by atoms with van der Waals surface area (Å²) >= 11 is 0. The lowest BCUT2D eigenvalue weighted by Gasteiger charge is -2.11. The number of hydrogen-bond donors (Lipinski definition) is 4. The van der Waals surface area contributed by atoms with Gasteiger partial charge in [-0.2, -0.15) is 15.0 Å². The third-order valence-corrected chi connectivity index (χ3v) is 4.01. The first-order valence-electron chi connectivity index (χ1n) is 9.42. The summed E-state index contributed by atoms with van der Waals surface area (Å²) in [4.78, 5) is 17.2. The standard InChI is InChI=1S/C19H26N8O/c28-14-11-23-19-25-17(21-8-4-12-27-13-10-20-15-27)24-18(26-19)22-9-7-16-5-2-1-3-6-16/h1-3,5-6,10,13,15,28H,4,7-9,11-12,14H2,(H3,21,22,23,24,25,26). The number of imidazole rings is 1. The average molecular weight is 382 g/mol. The maximum Gasteiger partial charge on any atom is 0.229 e. The normalized spacial score (nSPS) is 10.6. The van der Waals surface area contributed by atoms with Gasteiger partial charge in [0.15, 0.2) is 0 Å². The van der Waals surface area contributed by atoms with Crippen molar-refractivity contribution in [2.45, 2.75) is 19.4 Å². The Morgan fingerprint density at radius 2 is 1.54 bits per heavy atom. The van der Waals surface area contributed by atoms with Crippen molar-refractivity contribution in [1.82, 2.24) is 24.5 Å². The Bertz CT molecular complexity index is 810. The molecule has 0 radical (unpaired) electrons. The lowest BCUT2D eigenvalue weighted by Crippen LogP contribution is -2.16. The molecule has 0 fully saturated rings. The fourth-order valence-electron chi connectivity index (χ4n) is 2.62. The zero-order valence-electron chi connectivity index (χ0n) is 15.8. The van der Waals surface area contributed by atoms with Crippen molar-refractivity contribution < 1.29 is 5.11 Å². The molecule has 28 heavy (non-hydrogen) atoms. The molecule has 2 aromatic heterocycles. The fraction of sp³-hybridized carbons (Fsp3) is 0.368. The summed E-state index contributed by atoms with van der Waals surface area (Å²) in [7, 11) is 0. The molecule has 0 aliphatic heterocycles. The lowest BCUT2D eigenvalue weighted by molar-refractivity contribution is 0.311. The first-order chi connectivity index (χ1) is 13.8. The summed E-state index contributed by atoms with van der Waals surface area (Å²) in [6.45, 7) is 2.71. The van der Waals surface area contributed by atoms with Crippen LogP contribution >= 0.6 is 0 Å². The zero-order chi connectivity index (χ0) is 19.4. The van der Waals surface area contributed by atoms with E-state index in [4.69, 9.17) is 5.11 Å². The molecule has 3 aromatic rings. The third kappa shape index (κ3) is 6.51. The van der Waals surface area contributed by atoms with Crippen molar-refractivity contribution in [3.63, 3.8) is 0 Å². The Labute approximate surface area is 164 Å². The summed E-state index contributed by atoms with van der Waals surface area (Å²) in [6, 6.07) is 10.3. The Kier molecular flexibility index (Phi) is 7.56. The number of anilines is 3. The molecule has 0 unspecified atom stereocenters. The van der Waals surface area contributed by atoms with Crippen molar-refractivity contribution in [3.8, 4) is 0 Å². The van der Waals surface area contributed by atoms with E-state index in [1.54, 1.807) is 12.5 Å². The van der Waals surface area contributed by atoms with Gasteiger partial charge in [-0.1, -0.05) is 30.3 Å². The molecule has 9 heteroatoms. The molecule has 2 heterocycles. The summed E-state index contributed by atoms with van der Waals surface area (Å²) in [5.41, 5.74) is 1.25. The molecule has 4 N–H and O–H groups in total. The van der Waals surface area contributed by atoms with Crippen LogP contribution in [0, 0.1) is 0 Å². The molecular weight excluding hydrogens is 356 g/mol. The lowest BCUT2D eigenvalue weighted by atomic mass is 10.1. The van der Waals surface area contributed by atoms with E-state index in [1.165, 1.54) is 5.56 Å². The number of rotatable bonds is 12. The number of benzene rings is 1. The average Bonchev–Trinajstić information content (AvgIpc) is 3.24. The molecule has 1 aromatic carbocycles. The van der Waals surface area contributed by atoms with Gasteiger partial charge in [-0.3, -0.25) is 0 Å². The van der Waals surface area contributed by atoms with Gasteiger partial charge in [0.1, 0.15) is 0 Å². The highest BCUT2D eigenvalue weighted by molar-refractivity contribution is 5.42. The molecule has 0 atom stereocenters. The smallest absolute Gasteiger partial charge is 0.229 e. The van der Waals surface area contributed by atoms with E-state index in [0.717, 1.165) is 25.9 Å². The molecule has 148 valence electrons. The summed E-state index contributed by atoms with van der Waals surface area (Å²) in [5.74, 6) is 1.44. The van der Waals surface area contributed by atoms with Gasteiger partial charge in [0, 0.05) is 38.6 Å². The van der Waals surface area contributed by atoms with Crippen LogP contribution in [0.3, 0.4) is 0 Å². The third-order valence-electron chi connectivity index (χ3n) is 4.01. The topological polar surface area (TPSA) is 113 Å². The second kappa shape index (κ2) is 10.8. The maximum atomic E-state index is 9.03. The van der Waals surface area contributed by atoms with Crippen molar-refractivity contribution in [1.29, 1.82) is 0 Å². The van der Waals surface area contributed by atoms with E-state index >= 15 is 0 Å². The molecule has 0 amide bonds. The van der Waals surface area contributed by atoms with Crippen molar-refractivity contribution in [3.05, 3.63) is 54.6 Å². The zero-order valence-corrected chi connectivity index (χ0v) is 15.8. The minimum absolute atomic E-state index is 0.0100. The van der Waals surface area contributed by atoms with E-state index in [-0.39, 0.29) is 6.61 Å². The number of aryl methyl sites for hydroxylation is 1. The summed E-state index contributed by atoms with van der Waals surface area (Å²) in [6.07, 6.45) is 7.30. The molecular formula is C19H26N8O. The number of aliphatic hydroxyl groups is 1. The molecule has 9 nitrogen and oxygen atoms in total. The Morgan fingerprint density at radius 3 is 2.18 bits per heavy atom. The van der Waals surface area contributed by atoms with Gasteiger partial charge < -0.3 is 25.6 Å². The van der Waals surface area contributed by atoms with Crippen molar-refractivity contribution in [2.24, 2.45) is 0 Å². The monoisotopic (exact) mass is 382 g/mol. The highest BCUT2D eigenvalue weighted by Crippen LogP contribution is 2.10. The van der Waals surface area contributed by atoms with E-state index in [9.17, 15) is 0 Å². The predicted octanol–water partition coefficient (Wildman–Crippen LogP) is 1.63. The van der Waals surface area contributed by atoms with Gasteiger partial charge >= 0.3 is 0 Å². The maximum absolute atomic E-state index is 9.03. The Hall–Kier alpha value is -3.20. The van der Waals surface area contributed by atoms with Crippen molar-refractivity contribution >= 4 is 17.8 Å². The highest BCUT2D eigenvalue weighted by Gasteiger charge is 2.06. The van der Waals surface area contributed by atoms with E-state index in [2.05, 4.69) is 48.0 Å². The second-order valence-electron chi connectivity index (χ2n) is 6.20. The Balaban J connectivity index is 1.54. The number of aromatic nitrogens is 5. The van der Waals surface area contributed by atoms with Gasteiger partial charge in [0.2, 0.25) is 17.8 Å². The molecule has 0 aliphatic rings. The number of nitrogens with one attached hydrogen (secondary N) is 3. The number of aliphatic hydroxyl groups excluding tert-OH is 1. The van der Waals surface area contributed by atoms with Gasteiger partial charge in [-0.25, -0.2) is 4.98 Å².